The number of unbranched alkanes of at least 4 members (excludes halogenated alkanes) is 1. The fraction of sp³-hybridized carbons (Fsp3) is 0.579. The number of carbonyl (C=O) groups excluding carboxylic acids is 2. The predicted octanol–water partition coefficient (Wildman–Crippen LogP) is 2.47. The van der Waals surface area contributed by atoms with Gasteiger partial charge >= 0.3 is 0 Å². The molecule has 1 aromatic carbocycles. The molecular weight excluding hydrogens is 288 g/mol. The van der Waals surface area contributed by atoms with Crippen LogP contribution in [0.25, 0.3) is 0 Å². The summed E-state index contributed by atoms with van der Waals surface area (Å²) in [4.78, 5) is 28.8. The van der Waals surface area contributed by atoms with Crippen LogP contribution in [0.15, 0.2) is 24.3 Å². The van der Waals surface area contributed by atoms with Gasteiger partial charge in [-0.3, -0.25) is 9.59 Å². The molecule has 1 fully saturated rings. The van der Waals surface area contributed by atoms with E-state index in [1.54, 1.807) is 4.90 Å². The van der Waals surface area contributed by atoms with Gasteiger partial charge in [0.1, 0.15) is 0 Å². The zero-order valence-electron chi connectivity index (χ0n) is 14.1. The first-order valence-electron chi connectivity index (χ1n) is 8.72. The molecule has 0 spiro atoms. The van der Waals surface area contributed by atoms with Crippen molar-refractivity contribution in [3.05, 3.63) is 35.4 Å². The van der Waals surface area contributed by atoms with Crippen LogP contribution in [0.1, 0.15) is 37.3 Å². The van der Waals surface area contributed by atoms with E-state index in [2.05, 4.69) is 25.1 Å². The van der Waals surface area contributed by atoms with Crippen molar-refractivity contribution >= 4 is 11.8 Å². The van der Waals surface area contributed by atoms with Gasteiger partial charge in [-0.15, -0.1) is 0 Å². The highest BCUT2D eigenvalue weighted by molar-refractivity contribution is 5.92. The largest absolute Gasteiger partial charge is 0.346 e. The van der Waals surface area contributed by atoms with E-state index in [4.69, 9.17) is 0 Å². The van der Waals surface area contributed by atoms with Crippen LogP contribution >= 0.6 is 0 Å². The number of benzene rings is 1. The van der Waals surface area contributed by atoms with Gasteiger partial charge in [0.05, 0.1) is 11.8 Å². The van der Waals surface area contributed by atoms with E-state index in [0.29, 0.717) is 6.54 Å². The average Bonchev–Trinajstić information content (AvgIpc) is 3.38. The Bertz CT molecular complexity index is 599. The number of hydrogen-bond donors (Lipinski definition) is 0. The number of rotatable bonds is 5. The summed E-state index contributed by atoms with van der Waals surface area (Å²) < 4.78 is 0. The summed E-state index contributed by atoms with van der Waals surface area (Å²) in [5.41, 5.74) is 2.59. The van der Waals surface area contributed by atoms with Crippen LogP contribution in [0.2, 0.25) is 0 Å². The van der Waals surface area contributed by atoms with Crippen molar-refractivity contribution in [1.82, 2.24) is 9.80 Å². The molecule has 1 aromatic rings. The lowest BCUT2D eigenvalue weighted by Gasteiger charge is -2.29. The Labute approximate surface area is 138 Å². The van der Waals surface area contributed by atoms with Gasteiger partial charge in [-0.1, -0.05) is 37.6 Å². The van der Waals surface area contributed by atoms with E-state index in [0.717, 1.165) is 38.8 Å². The molecule has 124 valence electrons. The van der Waals surface area contributed by atoms with Crippen LogP contribution in [-0.4, -0.2) is 41.8 Å². The van der Waals surface area contributed by atoms with Gasteiger partial charge in [-0.05, 0) is 30.4 Å². The Morgan fingerprint density at radius 1 is 1.22 bits per heavy atom. The lowest BCUT2D eigenvalue weighted by atomic mass is 9.99. The van der Waals surface area contributed by atoms with Crippen LogP contribution in [0, 0.1) is 11.8 Å². The highest BCUT2D eigenvalue weighted by Gasteiger charge is 2.50. The zero-order valence-corrected chi connectivity index (χ0v) is 14.1. The Hall–Kier alpha value is -1.84. The normalized spacial score (nSPS) is 22.4. The molecule has 1 aliphatic heterocycles. The maximum absolute atomic E-state index is 12.7. The van der Waals surface area contributed by atoms with E-state index < -0.39 is 0 Å². The van der Waals surface area contributed by atoms with Gasteiger partial charge in [0, 0.05) is 26.7 Å². The summed E-state index contributed by atoms with van der Waals surface area (Å²) in [6.07, 6.45) is 3.75. The molecule has 1 saturated carbocycles. The molecule has 2 atom stereocenters. The third-order valence-corrected chi connectivity index (χ3v) is 5.09. The van der Waals surface area contributed by atoms with Crippen LogP contribution in [0.3, 0.4) is 0 Å². The van der Waals surface area contributed by atoms with Gasteiger partial charge in [0.25, 0.3) is 0 Å². The molecule has 4 nitrogen and oxygen atoms in total. The molecular formula is C19H26N2O2. The smallest absolute Gasteiger partial charge is 0.226 e. The van der Waals surface area contributed by atoms with Gasteiger partial charge in [-0.25, -0.2) is 0 Å². The Morgan fingerprint density at radius 2 is 1.96 bits per heavy atom. The fourth-order valence-corrected chi connectivity index (χ4v) is 3.45. The minimum absolute atomic E-state index is 0.0819. The lowest BCUT2D eigenvalue weighted by Crippen LogP contribution is -2.38. The molecule has 1 aliphatic carbocycles. The second-order valence-corrected chi connectivity index (χ2v) is 6.84. The van der Waals surface area contributed by atoms with E-state index in [1.807, 2.05) is 18.0 Å². The van der Waals surface area contributed by atoms with Crippen molar-refractivity contribution in [2.75, 3.05) is 20.1 Å². The van der Waals surface area contributed by atoms with Crippen molar-refractivity contribution < 1.29 is 9.59 Å². The minimum atomic E-state index is -0.0863. The standard InChI is InChI=1S/C19H26N2O2/c1-3-4-10-20(2)18(22)16-12-17(16)19(23)21-11-9-14-7-5-6-8-15(14)13-21/h5-8,16-17H,3-4,9-13H2,1-2H3. The van der Waals surface area contributed by atoms with Crippen LogP contribution in [-0.2, 0) is 22.6 Å². The molecule has 0 radical (unpaired) electrons. The van der Waals surface area contributed by atoms with Crippen molar-refractivity contribution in [2.24, 2.45) is 11.8 Å². The molecule has 2 unspecified atom stereocenters. The average molecular weight is 314 g/mol. The zero-order chi connectivity index (χ0) is 16.4. The topological polar surface area (TPSA) is 40.6 Å². The van der Waals surface area contributed by atoms with Crippen LogP contribution < -0.4 is 0 Å². The quantitative estimate of drug-likeness (QED) is 0.838. The van der Waals surface area contributed by atoms with Gasteiger partial charge in [0.15, 0.2) is 0 Å². The van der Waals surface area contributed by atoms with Crippen molar-refractivity contribution in [1.29, 1.82) is 0 Å². The van der Waals surface area contributed by atoms with Crippen molar-refractivity contribution in [3.63, 3.8) is 0 Å². The summed E-state index contributed by atoms with van der Waals surface area (Å²) >= 11 is 0. The second-order valence-electron chi connectivity index (χ2n) is 6.84. The molecule has 0 saturated heterocycles. The van der Waals surface area contributed by atoms with Crippen LogP contribution in [0.5, 0.6) is 0 Å². The highest BCUT2D eigenvalue weighted by atomic mass is 16.2. The summed E-state index contributed by atoms with van der Waals surface area (Å²) in [6.45, 7) is 4.39. The molecule has 0 bridgehead atoms. The summed E-state index contributed by atoms with van der Waals surface area (Å²) in [6, 6.07) is 8.32. The van der Waals surface area contributed by atoms with Gasteiger partial charge < -0.3 is 9.80 Å². The van der Waals surface area contributed by atoms with Crippen LogP contribution in [0.4, 0.5) is 0 Å². The number of carbonyl (C=O) groups is 2. The Morgan fingerprint density at radius 3 is 2.70 bits per heavy atom. The number of amides is 2. The first-order valence-corrected chi connectivity index (χ1v) is 8.72. The van der Waals surface area contributed by atoms with E-state index in [-0.39, 0.29) is 23.7 Å². The molecule has 4 heteroatoms. The molecule has 3 rings (SSSR count). The Balaban J connectivity index is 1.56. The van der Waals surface area contributed by atoms with Crippen molar-refractivity contribution in [3.8, 4) is 0 Å². The van der Waals surface area contributed by atoms with Gasteiger partial charge in [0.2, 0.25) is 11.8 Å². The number of fused-ring (bicyclic) bond motifs is 1. The highest BCUT2D eigenvalue weighted by Crippen LogP contribution is 2.42. The van der Waals surface area contributed by atoms with E-state index in [1.165, 1.54) is 11.1 Å². The molecule has 23 heavy (non-hydrogen) atoms. The summed E-state index contributed by atoms with van der Waals surface area (Å²) in [5, 5.41) is 0. The third-order valence-electron chi connectivity index (χ3n) is 5.09. The molecule has 2 aliphatic rings. The SMILES string of the molecule is CCCCN(C)C(=O)C1CC1C(=O)N1CCc2ccccc2C1. The lowest BCUT2D eigenvalue weighted by molar-refractivity contribution is -0.137. The van der Waals surface area contributed by atoms with E-state index in [9.17, 15) is 9.59 Å². The molecule has 0 aromatic heterocycles. The van der Waals surface area contributed by atoms with E-state index >= 15 is 0 Å². The van der Waals surface area contributed by atoms with Crippen molar-refractivity contribution in [2.45, 2.75) is 39.2 Å². The second kappa shape index (κ2) is 6.73. The Kier molecular flexibility index (Phi) is 4.69. The fourth-order valence-electron chi connectivity index (χ4n) is 3.45. The van der Waals surface area contributed by atoms with Gasteiger partial charge in [-0.2, -0.15) is 0 Å². The molecule has 0 N–H and O–H groups in total. The number of nitrogens with zero attached hydrogens (tertiary/aromatic N) is 2. The molecule has 1 heterocycles. The first kappa shape index (κ1) is 16.0. The number of hydrogen-bond acceptors (Lipinski definition) is 2. The molecule has 2 amide bonds. The maximum atomic E-state index is 12.7. The maximum Gasteiger partial charge on any atom is 0.226 e. The minimum Gasteiger partial charge on any atom is -0.346 e. The summed E-state index contributed by atoms with van der Waals surface area (Å²) in [7, 11) is 1.86. The first-order chi connectivity index (χ1) is 11.1. The predicted molar refractivity (Wildman–Crippen MR) is 89.7 cm³/mol. The monoisotopic (exact) mass is 314 g/mol. The summed E-state index contributed by atoms with van der Waals surface area (Å²) in [5.74, 6) is 0.148. The third kappa shape index (κ3) is 3.41.